The van der Waals surface area contributed by atoms with E-state index in [2.05, 4.69) is 5.32 Å². The van der Waals surface area contributed by atoms with Gasteiger partial charge in [-0.25, -0.2) is 0 Å². The number of hydrogen-bond acceptors (Lipinski definition) is 5. The summed E-state index contributed by atoms with van der Waals surface area (Å²) >= 11 is 0. The summed E-state index contributed by atoms with van der Waals surface area (Å²) in [7, 11) is 0. The number of nitrogens with zero attached hydrogens (tertiary/aromatic N) is 1. The van der Waals surface area contributed by atoms with E-state index < -0.39 is 5.66 Å². The van der Waals surface area contributed by atoms with Crippen molar-refractivity contribution < 1.29 is 19.0 Å². The summed E-state index contributed by atoms with van der Waals surface area (Å²) in [6.45, 7) is 4.11. The number of ether oxygens (including phenoxy) is 3. The van der Waals surface area contributed by atoms with Crippen LogP contribution in [0.25, 0.3) is 0 Å². The highest BCUT2D eigenvalue weighted by molar-refractivity contribution is 6.02. The summed E-state index contributed by atoms with van der Waals surface area (Å²) < 4.78 is 17.9. The highest BCUT2D eigenvalue weighted by Gasteiger charge is 2.45. The van der Waals surface area contributed by atoms with E-state index in [1.54, 1.807) is 0 Å². The third-order valence-corrected chi connectivity index (χ3v) is 6.50. The largest absolute Gasteiger partial charge is 0.490 e. The second-order valence-electron chi connectivity index (χ2n) is 8.80. The van der Waals surface area contributed by atoms with Crippen LogP contribution >= 0.6 is 0 Å². The lowest BCUT2D eigenvalue weighted by atomic mass is 9.92. The first-order valence-electron chi connectivity index (χ1n) is 11.9. The van der Waals surface area contributed by atoms with Crippen molar-refractivity contribution >= 4 is 11.6 Å². The Morgan fingerprint density at radius 2 is 1.71 bits per heavy atom. The standard InChI is InChI=1S/C28H30N2O4/c1-28(24-14-6-8-16-26(24)34-19-18-33-21-10-3-2-4-11-21)29-25-15-7-5-13-23(25)27(31)30(28)20-22-12-9-17-32-22/h2-8,10-11,13-16,22,29H,9,12,17-20H2,1H3. The van der Waals surface area contributed by atoms with Crippen LogP contribution in [0.1, 0.15) is 35.7 Å². The van der Waals surface area contributed by atoms with Gasteiger partial charge in [0.25, 0.3) is 5.91 Å². The molecule has 1 fully saturated rings. The van der Waals surface area contributed by atoms with Gasteiger partial charge in [0.1, 0.15) is 30.4 Å². The maximum Gasteiger partial charge on any atom is 0.258 e. The van der Waals surface area contributed by atoms with Crippen LogP contribution in [0.2, 0.25) is 0 Å². The van der Waals surface area contributed by atoms with Gasteiger partial charge in [-0.05, 0) is 50.1 Å². The summed E-state index contributed by atoms with van der Waals surface area (Å²) in [5, 5.41) is 3.64. The van der Waals surface area contributed by atoms with Gasteiger partial charge in [0.2, 0.25) is 0 Å². The van der Waals surface area contributed by atoms with Gasteiger partial charge in [-0.3, -0.25) is 4.79 Å². The van der Waals surface area contributed by atoms with Gasteiger partial charge in [-0.1, -0.05) is 48.5 Å². The second-order valence-corrected chi connectivity index (χ2v) is 8.80. The fraction of sp³-hybridized carbons (Fsp3) is 0.321. The number of hydrogen-bond donors (Lipinski definition) is 1. The van der Waals surface area contributed by atoms with E-state index in [9.17, 15) is 4.79 Å². The molecule has 2 aliphatic rings. The molecule has 5 rings (SSSR count). The van der Waals surface area contributed by atoms with Gasteiger partial charge in [-0.15, -0.1) is 0 Å². The van der Waals surface area contributed by atoms with E-state index in [1.165, 1.54) is 0 Å². The smallest absolute Gasteiger partial charge is 0.258 e. The maximum atomic E-state index is 13.7. The number of anilines is 1. The van der Waals surface area contributed by atoms with Crippen molar-refractivity contribution in [3.05, 3.63) is 90.0 Å². The number of nitrogens with one attached hydrogen (secondary N) is 1. The van der Waals surface area contributed by atoms with Crippen molar-refractivity contribution in [1.82, 2.24) is 4.90 Å². The Kier molecular flexibility index (Phi) is 6.41. The molecule has 1 amide bonds. The van der Waals surface area contributed by atoms with E-state index in [1.807, 2.05) is 90.7 Å². The second kappa shape index (κ2) is 9.77. The predicted octanol–water partition coefficient (Wildman–Crippen LogP) is 5.06. The van der Waals surface area contributed by atoms with Crippen LogP contribution in [0.3, 0.4) is 0 Å². The van der Waals surface area contributed by atoms with E-state index in [0.29, 0.717) is 25.3 Å². The summed E-state index contributed by atoms with van der Waals surface area (Å²) in [5.74, 6) is 1.53. The zero-order chi connectivity index (χ0) is 23.4. The third-order valence-electron chi connectivity index (χ3n) is 6.50. The SMILES string of the molecule is CC1(c2ccccc2OCCOc2ccccc2)Nc2ccccc2C(=O)N1CC1CCCO1. The lowest BCUT2D eigenvalue weighted by Crippen LogP contribution is -2.57. The van der Waals surface area contributed by atoms with Crippen molar-refractivity contribution in [2.24, 2.45) is 0 Å². The summed E-state index contributed by atoms with van der Waals surface area (Å²) in [6, 6.07) is 25.2. The molecule has 3 aromatic rings. The minimum atomic E-state index is -0.797. The first-order chi connectivity index (χ1) is 16.6. The topological polar surface area (TPSA) is 60.0 Å². The van der Waals surface area contributed by atoms with Crippen LogP contribution < -0.4 is 14.8 Å². The van der Waals surface area contributed by atoms with E-state index in [0.717, 1.165) is 42.2 Å². The molecule has 2 unspecified atom stereocenters. The molecule has 6 nitrogen and oxygen atoms in total. The van der Waals surface area contributed by atoms with E-state index >= 15 is 0 Å². The highest BCUT2D eigenvalue weighted by atomic mass is 16.5. The molecule has 2 atom stereocenters. The van der Waals surface area contributed by atoms with Crippen molar-refractivity contribution in [2.75, 3.05) is 31.7 Å². The van der Waals surface area contributed by atoms with Crippen LogP contribution in [0, 0.1) is 0 Å². The molecular formula is C28H30N2O4. The van der Waals surface area contributed by atoms with Crippen LogP contribution in [-0.4, -0.2) is 43.3 Å². The molecule has 0 aliphatic carbocycles. The van der Waals surface area contributed by atoms with Crippen molar-refractivity contribution in [3.63, 3.8) is 0 Å². The number of benzene rings is 3. The van der Waals surface area contributed by atoms with Gasteiger partial charge in [0, 0.05) is 24.4 Å². The van der Waals surface area contributed by atoms with Gasteiger partial charge < -0.3 is 24.4 Å². The van der Waals surface area contributed by atoms with Gasteiger partial charge in [-0.2, -0.15) is 0 Å². The van der Waals surface area contributed by atoms with Crippen LogP contribution in [0.5, 0.6) is 11.5 Å². The molecule has 176 valence electrons. The zero-order valence-corrected chi connectivity index (χ0v) is 19.4. The zero-order valence-electron chi connectivity index (χ0n) is 19.4. The summed E-state index contributed by atoms with van der Waals surface area (Å²) in [6.07, 6.45) is 2.01. The van der Waals surface area contributed by atoms with E-state index in [-0.39, 0.29) is 12.0 Å². The Balaban J connectivity index is 1.41. The number of rotatable bonds is 8. The van der Waals surface area contributed by atoms with E-state index in [4.69, 9.17) is 14.2 Å². The lowest BCUT2D eigenvalue weighted by Gasteiger charge is -2.47. The molecule has 6 heteroatoms. The number of para-hydroxylation sites is 3. The molecule has 0 spiro atoms. The molecule has 0 bridgehead atoms. The number of carbonyl (C=O) groups excluding carboxylic acids is 1. The molecular weight excluding hydrogens is 428 g/mol. The first-order valence-corrected chi connectivity index (χ1v) is 11.9. The minimum absolute atomic E-state index is 0.00503. The van der Waals surface area contributed by atoms with Gasteiger partial charge in [0.05, 0.1) is 11.7 Å². The molecule has 34 heavy (non-hydrogen) atoms. The Morgan fingerprint density at radius 1 is 0.971 bits per heavy atom. The molecule has 3 aromatic carbocycles. The van der Waals surface area contributed by atoms with Crippen LogP contribution in [0.15, 0.2) is 78.9 Å². The Hall–Kier alpha value is -3.51. The quantitative estimate of drug-likeness (QED) is 0.478. The average molecular weight is 459 g/mol. The van der Waals surface area contributed by atoms with Gasteiger partial charge >= 0.3 is 0 Å². The molecule has 2 heterocycles. The van der Waals surface area contributed by atoms with Crippen molar-refractivity contribution in [1.29, 1.82) is 0 Å². The Bertz CT molecular complexity index is 1130. The number of carbonyl (C=O) groups is 1. The minimum Gasteiger partial charge on any atom is -0.490 e. The summed E-state index contributed by atoms with van der Waals surface area (Å²) in [4.78, 5) is 15.6. The third kappa shape index (κ3) is 4.46. The Labute approximate surface area is 200 Å². The van der Waals surface area contributed by atoms with Crippen LogP contribution in [0.4, 0.5) is 5.69 Å². The number of fused-ring (bicyclic) bond motifs is 1. The molecule has 1 saturated heterocycles. The lowest BCUT2D eigenvalue weighted by molar-refractivity contribution is 0.0236. The molecule has 2 aliphatic heterocycles. The molecule has 0 saturated carbocycles. The van der Waals surface area contributed by atoms with Crippen molar-refractivity contribution in [2.45, 2.75) is 31.5 Å². The fourth-order valence-corrected chi connectivity index (χ4v) is 4.75. The first kappa shape index (κ1) is 22.3. The highest BCUT2D eigenvalue weighted by Crippen LogP contribution is 2.41. The molecule has 0 aromatic heterocycles. The van der Waals surface area contributed by atoms with Crippen LogP contribution in [-0.2, 0) is 10.4 Å². The molecule has 0 radical (unpaired) electrons. The predicted molar refractivity (Wildman–Crippen MR) is 131 cm³/mol. The maximum absolute atomic E-state index is 13.7. The average Bonchev–Trinajstić information content (AvgIpc) is 3.39. The summed E-state index contributed by atoms with van der Waals surface area (Å²) in [5.41, 5.74) is 1.60. The van der Waals surface area contributed by atoms with Gasteiger partial charge in [0.15, 0.2) is 0 Å². The number of amides is 1. The monoisotopic (exact) mass is 458 g/mol. The normalized spacial score (nSPS) is 21.6. The fourth-order valence-electron chi connectivity index (χ4n) is 4.75. The van der Waals surface area contributed by atoms with Crippen molar-refractivity contribution in [3.8, 4) is 11.5 Å². The Morgan fingerprint density at radius 3 is 2.53 bits per heavy atom. The molecule has 1 N–H and O–H groups in total.